The Kier molecular flexibility index (Phi) is 7.48. The molecule has 0 aliphatic heterocycles. The summed E-state index contributed by atoms with van der Waals surface area (Å²) in [5.41, 5.74) is 8.57. The van der Waals surface area contributed by atoms with Gasteiger partial charge in [-0.2, -0.15) is 0 Å². The highest BCUT2D eigenvalue weighted by molar-refractivity contribution is 6.68. The summed E-state index contributed by atoms with van der Waals surface area (Å²) < 4.78 is 6.52. The first-order valence-corrected chi connectivity index (χ1v) is 17.2. The molecule has 9 rings (SSSR count). The fourth-order valence-corrected chi connectivity index (χ4v) is 8.18. The molecule has 52 heavy (non-hydrogen) atoms. The third-order valence-electron chi connectivity index (χ3n) is 10.8. The number of para-hydroxylation sites is 2. The quantitative estimate of drug-likeness (QED) is 0.267. The molecule has 10 radical (unpaired) electrons. The van der Waals surface area contributed by atoms with Crippen LogP contribution in [0.2, 0.25) is 0 Å². The summed E-state index contributed by atoms with van der Waals surface area (Å²) in [6.07, 6.45) is 0. The Bertz CT molecular complexity index is 2680. The predicted octanol–water partition coefficient (Wildman–Crippen LogP) is 4.23. The fraction of sp³-hybridized carbons (Fsp3) is 0.0930. The molecular weight excluding hydrogens is 629 g/mol. The molecule has 4 nitrogen and oxygen atoms in total. The van der Waals surface area contributed by atoms with E-state index in [0.717, 1.165) is 38.6 Å². The van der Waals surface area contributed by atoms with Crippen molar-refractivity contribution in [2.75, 3.05) is 0 Å². The zero-order chi connectivity index (χ0) is 35.9. The summed E-state index contributed by atoms with van der Waals surface area (Å²) in [7, 11) is 32.6. The van der Waals surface area contributed by atoms with Crippen LogP contribution in [0.15, 0.2) is 120 Å². The van der Waals surface area contributed by atoms with Crippen LogP contribution in [-0.2, 0) is 5.41 Å². The van der Waals surface area contributed by atoms with Crippen molar-refractivity contribution in [2.45, 2.75) is 25.2 Å². The predicted molar refractivity (Wildman–Crippen MR) is 215 cm³/mol. The number of fused-ring (bicyclic) bond motifs is 5. The highest BCUT2D eigenvalue weighted by atomic mass is 16.3. The standard InChI is InChI=1S/C43H26B5N3O/c1-22-12-3-7-18-29(22)43(30-19-8-4-13-24(30)23(2)25-14-5-9-20-31(25)43)42-50-40(28-17-11-16-27-26-15-6-10-21-32(26)52-39(27)28)49-41(51-42)33-34(44)36(46)38(48)37(47)35(33)45/h3-21,23H,1-2H3. The number of nitrogens with zero attached hydrogens (tertiary/aromatic N) is 3. The summed E-state index contributed by atoms with van der Waals surface area (Å²) in [6.45, 7) is 4.36. The number of rotatable bonds is 4. The molecule has 6 aromatic carbocycles. The van der Waals surface area contributed by atoms with Gasteiger partial charge in [-0.15, -0.1) is 16.4 Å². The van der Waals surface area contributed by atoms with Crippen molar-refractivity contribution < 1.29 is 4.42 Å². The Morgan fingerprint density at radius 3 is 1.75 bits per heavy atom. The van der Waals surface area contributed by atoms with Crippen LogP contribution in [0.3, 0.4) is 0 Å². The molecule has 0 atom stereocenters. The number of hydrogen-bond donors (Lipinski definition) is 0. The summed E-state index contributed by atoms with van der Waals surface area (Å²) in [5.74, 6) is 1.18. The first-order chi connectivity index (χ1) is 25.2. The molecule has 2 heterocycles. The van der Waals surface area contributed by atoms with Gasteiger partial charge in [-0.1, -0.05) is 121 Å². The lowest BCUT2D eigenvalue weighted by atomic mass is 9.59. The van der Waals surface area contributed by atoms with E-state index in [0.29, 0.717) is 22.8 Å². The minimum Gasteiger partial charge on any atom is -0.455 e. The summed E-state index contributed by atoms with van der Waals surface area (Å²) >= 11 is 0. The second kappa shape index (κ2) is 12.0. The van der Waals surface area contributed by atoms with E-state index in [2.05, 4.69) is 80.6 Å². The summed E-state index contributed by atoms with van der Waals surface area (Å²) in [4.78, 5) is 15.9. The van der Waals surface area contributed by atoms with E-state index in [1.807, 2.05) is 48.5 Å². The van der Waals surface area contributed by atoms with Gasteiger partial charge in [0.15, 0.2) is 17.5 Å². The van der Waals surface area contributed by atoms with Crippen molar-refractivity contribution in [1.29, 1.82) is 0 Å². The molecule has 0 N–H and O–H groups in total. The molecule has 9 heteroatoms. The summed E-state index contributed by atoms with van der Waals surface area (Å²) in [5, 5.41) is 1.93. The van der Waals surface area contributed by atoms with Crippen LogP contribution in [0.25, 0.3) is 44.7 Å². The van der Waals surface area contributed by atoms with Crippen molar-refractivity contribution >= 4 is 88.5 Å². The zero-order valence-electron chi connectivity index (χ0n) is 28.7. The molecular formula is C43H26B5N3O. The Balaban J connectivity index is 1.48. The second-order valence-electron chi connectivity index (χ2n) is 13.5. The molecule has 1 aliphatic rings. The lowest BCUT2D eigenvalue weighted by Crippen LogP contribution is -2.55. The molecule has 0 bridgehead atoms. The lowest BCUT2D eigenvalue weighted by molar-refractivity contribution is 0.622. The topological polar surface area (TPSA) is 51.8 Å². The Morgan fingerprint density at radius 2 is 1.08 bits per heavy atom. The highest BCUT2D eigenvalue weighted by Crippen LogP contribution is 2.54. The van der Waals surface area contributed by atoms with Gasteiger partial charge < -0.3 is 4.42 Å². The van der Waals surface area contributed by atoms with Crippen LogP contribution in [0.4, 0.5) is 0 Å². The molecule has 0 spiro atoms. The van der Waals surface area contributed by atoms with Crippen LogP contribution in [0.5, 0.6) is 0 Å². The SMILES string of the molecule is [B]c1c([B])c([B])c(-c2nc(-c3cccc4c3oc3ccccc34)nc(C3(c4ccccc4C)c4ccccc4C(C)c4ccccc43)n2)c([B])c1[B]. The molecule has 0 unspecified atom stereocenters. The largest absolute Gasteiger partial charge is 0.455 e. The number of aryl methyl sites for hydroxylation is 1. The van der Waals surface area contributed by atoms with E-state index < -0.39 is 5.41 Å². The van der Waals surface area contributed by atoms with Crippen LogP contribution in [-0.4, -0.2) is 54.2 Å². The second-order valence-corrected chi connectivity index (χ2v) is 13.5. The van der Waals surface area contributed by atoms with Crippen molar-refractivity contribution in [3.05, 3.63) is 154 Å². The zero-order valence-corrected chi connectivity index (χ0v) is 28.7. The van der Waals surface area contributed by atoms with Gasteiger partial charge >= 0.3 is 0 Å². The number of benzene rings is 6. The molecule has 8 aromatic rings. The van der Waals surface area contributed by atoms with Gasteiger partial charge in [0.1, 0.15) is 55.8 Å². The molecule has 0 fully saturated rings. The minimum atomic E-state index is -0.992. The van der Waals surface area contributed by atoms with E-state index in [1.54, 1.807) is 0 Å². The van der Waals surface area contributed by atoms with E-state index >= 15 is 0 Å². The lowest BCUT2D eigenvalue weighted by Gasteiger charge is -2.43. The van der Waals surface area contributed by atoms with Crippen molar-refractivity contribution in [3.63, 3.8) is 0 Å². The number of aromatic nitrogens is 3. The third kappa shape index (κ3) is 4.51. The van der Waals surface area contributed by atoms with E-state index in [1.165, 1.54) is 11.1 Å². The van der Waals surface area contributed by atoms with Gasteiger partial charge in [0.25, 0.3) is 0 Å². The number of furan rings is 1. The van der Waals surface area contributed by atoms with Crippen molar-refractivity contribution in [3.8, 4) is 22.8 Å². The van der Waals surface area contributed by atoms with Crippen LogP contribution in [0, 0.1) is 6.92 Å². The fourth-order valence-electron chi connectivity index (χ4n) is 8.18. The smallest absolute Gasteiger partial charge is 0.167 e. The van der Waals surface area contributed by atoms with Crippen molar-refractivity contribution in [1.82, 2.24) is 15.0 Å². The first kappa shape index (κ1) is 32.4. The minimum absolute atomic E-state index is 0.109. The maximum absolute atomic E-state index is 6.72. The maximum Gasteiger partial charge on any atom is 0.167 e. The van der Waals surface area contributed by atoms with Crippen molar-refractivity contribution in [2.24, 2.45) is 0 Å². The van der Waals surface area contributed by atoms with Gasteiger partial charge in [-0.25, -0.2) is 15.0 Å². The average molecular weight is 655 g/mol. The van der Waals surface area contributed by atoms with Crippen LogP contribution >= 0.6 is 0 Å². The molecule has 1 aliphatic carbocycles. The van der Waals surface area contributed by atoms with Crippen LogP contribution < -0.4 is 27.3 Å². The highest BCUT2D eigenvalue weighted by Gasteiger charge is 2.49. The van der Waals surface area contributed by atoms with Gasteiger partial charge in [0.05, 0.1) is 5.56 Å². The average Bonchev–Trinajstić information content (AvgIpc) is 3.56. The maximum atomic E-state index is 6.72. The Hall–Kier alpha value is -5.55. The van der Waals surface area contributed by atoms with Gasteiger partial charge in [-0.3, -0.25) is 0 Å². The van der Waals surface area contributed by atoms with Gasteiger partial charge in [-0.05, 0) is 52.4 Å². The third-order valence-corrected chi connectivity index (χ3v) is 10.8. The van der Waals surface area contributed by atoms with E-state index in [4.69, 9.17) is 58.6 Å². The molecule has 234 valence electrons. The molecule has 0 amide bonds. The van der Waals surface area contributed by atoms with Gasteiger partial charge in [0.2, 0.25) is 0 Å². The first-order valence-electron chi connectivity index (χ1n) is 17.2. The molecule has 0 saturated carbocycles. The number of hydrogen-bond acceptors (Lipinski definition) is 4. The monoisotopic (exact) mass is 655 g/mol. The molecule has 2 aromatic heterocycles. The van der Waals surface area contributed by atoms with E-state index in [9.17, 15) is 0 Å². The van der Waals surface area contributed by atoms with Crippen LogP contribution in [0.1, 0.15) is 52.0 Å². The van der Waals surface area contributed by atoms with E-state index in [-0.39, 0.29) is 44.6 Å². The van der Waals surface area contributed by atoms with Gasteiger partial charge in [0, 0.05) is 22.3 Å². The normalized spacial score (nSPS) is 16.5. The Morgan fingerprint density at radius 1 is 0.538 bits per heavy atom. The summed E-state index contributed by atoms with van der Waals surface area (Å²) in [6, 6.07) is 39.4. The molecule has 0 saturated heterocycles. The Labute approximate surface area is 309 Å².